The molecule has 7 nitrogen and oxygen atoms in total. The SMILES string of the molecule is CCN(CC)Cc1cccc(NC(=O)C(Cc2ccccc2)n2cnnn2)c1. The number of hydrogen-bond acceptors (Lipinski definition) is 5. The molecule has 1 amide bonds. The molecule has 0 aliphatic carbocycles. The molecule has 1 atom stereocenters. The number of aromatic nitrogens is 4. The number of hydrogen-bond donors (Lipinski definition) is 1. The Bertz CT molecular complexity index is 862. The molecule has 0 aliphatic heterocycles. The second-order valence-corrected chi connectivity index (χ2v) is 6.65. The molecule has 0 spiro atoms. The van der Waals surface area contributed by atoms with Crippen molar-refractivity contribution >= 4 is 11.6 Å². The summed E-state index contributed by atoms with van der Waals surface area (Å²) in [7, 11) is 0. The van der Waals surface area contributed by atoms with Crippen LogP contribution in [0.3, 0.4) is 0 Å². The third-order valence-electron chi connectivity index (χ3n) is 4.75. The molecule has 3 aromatic rings. The van der Waals surface area contributed by atoms with Gasteiger partial charge in [-0.05, 0) is 46.8 Å². The van der Waals surface area contributed by atoms with Gasteiger partial charge in [0, 0.05) is 18.7 Å². The molecule has 28 heavy (non-hydrogen) atoms. The third-order valence-corrected chi connectivity index (χ3v) is 4.75. The lowest BCUT2D eigenvalue weighted by atomic mass is 10.1. The highest BCUT2D eigenvalue weighted by molar-refractivity contribution is 5.93. The maximum absolute atomic E-state index is 13.0. The Morgan fingerprint density at radius 3 is 2.50 bits per heavy atom. The standard InChI is InChI=1S/C21H26N6O/c1-3-26(4-2)15-18-11-8-12-19(13-18)23-21(28)20(27-16-22-24-25-27)14-17-9-6-5-7-10-17/h5-13,16,20H,3-4,14-15H2,1-2H3,(H,23,28). The summed E-state index contributed by atoms with van der Waals surface area (Å²) in [6.07, 6.45) is 1.99. The molecule has 1 heterocycles. The van der Waals surface area contributed by atoms with E-state index >= 15 is 0 Å². The second-order valence-electron chi connectivity index (χ2n) is 6.65. The number of carbonyl (C=O) groups excluding carboxylic acids is 1. The minimum atomic E-state index is -0.524. The van der Waals surface area contributed by atoms with Crippen LogP contribution in [0, 0.1) is 0 Å². The normalized spacial score (nSPS) is 12.1. The molecule has 0 bridgehead atoms. The van der Waals surface area contributed by atoms with Crippen molar-refractivity contribution in [2.24, 2.45) is 0 Å². The average Bonchev–Trinajstić information content (AvgIpc) is 3.25. The van der Waals surface area contributed by atoms with Crippen LogP contribution in [0.2, 0.25) is 0 Å². The van der Waals surface area contributed by atoms with Crippen molar-refractivity contribution in [3.63, 3.8) is 0 Å². The summed E-state index contributed by atoms with van der Waals surface area (Å²) in [5, 5.41) is 14.3. The van der Waals surface area contributed by atoms with E-state index in [0.29, 0.717) is 6.42 Å². The fourth-order valence-corrected chi connectivity index (χ4v) is 3.13. The molecule has 1 aromatic heterocycles. The molecule has 146 valence electrons. The zero-order valence-electron chi connectivity index (χ0n) is 16.3. The van der Waals surface area contributed by atoms with Crippen molar-refractivity contribution in [2.45, 2.75) is 32.9 Å². The van der Waals surface area contributed by atoms with Gasteiger partial charge in [0.15, 0.2) is 0 Å². The lowest BCUT2D eigenvalue weighted by Crippen LogP contribution is -2.28. The number of anilines is 1. The van der Waals surface area contributed by atoms with Gasteiger partial charge < -0.3 is 5.32 Å². The lowest BCUT2D eigenvalue weighted by molar-refractivity contribution is -0.119. The van der Waals surface area contributed by atoms with Gasteiger partial charge in [0.1, 0.15) is 12.4 Å². The number of nitrogens with zero attached hydrogens (tertiary/aromatic N) is 5. The van der Waals surface area contributed by atoms with Crippen LogP contribution in [-0.4, -0.2) is 44.1 Å². The Morgan fingerprint density at radius 2 is 1.82 bits per heavy atom. The fraction of sp³-hybridized carbons (Fsp3) is 0.333. The Balaban J connectivity index is 1.75. The first-order valence-corrected chi connectivity index (χ1v) is 9.58. The van der Waals surface area contributed by atoms with Crippen LogP contribution in [-0.2, 0) is 17.8 Å². The van der Waals surface area contributed by atoms with Gasteiger partial charge in [0.05, 0.1) is 0 Å². The highest BCUT2D eigenvalue weighted by atomic mass is 16.2. The Kier molecular flexibility index (Phi) is 6.86. The van der Waals surface area contributed by atoms with Crippen molar-refractivity contribution in [3.8, 4) is 0 Å². The molecule has 1 N–H and O–H groups in total. The smallest absolute Gasteiger partial charge is 0.249 e. The van der Waals surface area contributed by atoms with E-state index < -0.39 is 6.04 Å². The molecular formula is C21H26N6O. The maximum Gasteiger partial charge on any atom is 0.249 e. The maximum atomic E-state index is 13.0. The van der Waals surface area contributed by atoms with Gasteiger partial charge in [0.2, 0.25) is 5.91 Å². The van der Waals surface area contributed by atoms with Gasteiger partial charge in [-0.1, -0.05) is 56.3 Å². The second kappa shape index (κ2) is 9.75. The molecule has 0 aliphatic rings. The van der Waals surface area contributed by atoms with Crippen LogP contribution in [0.25, 0.3) is 0 Å². The van der Waals surface area contributed by atoms with E-state index in [-0.39, 0.29) is 5.91 Å². The minimum absolute atomic E-state index is 0.142. The number of tetrazole rings is 1. The van der Waals surface area contributed by atoms with Gasteiger partial charge in [-0.3, -0.25) is 9.69 Å². The largest absolute Gasteiger partial charge is 0.324 e. The topological polar surface area (TPSA) is 75.9 Å². The summed E-state index contributed by atoms with van der Waals surface area (Å²) in [6.45, 7) is 7.14. The van der Waals surface area contributed by atoms with Crippen molar-refractivity contribution < 1.29 is 4.79 Å². The molecule has 0 fully saturated rings. The third kappa shape index (κ3) is 5.23. The quantitative estimate of drug-likeness (QED) is 0.620. The Hall–Kier alpha value is -3.06. The highest BCUT2D eigenvalue weighted by Crippen LogP contribution is 2.18. The van der Waals surface area contributed by atoms with Crippen LogP contribution in [0.4, 0.5) is 5.69 Å². The first kappa shape index (κ1) is 19.7. The van der Waals surface area contributed by atoms with Crippen LogP contribution < -0.4 is 5.32 Å². The number of nitrogens with one attached hydrogen (secondary N) is 1. The predicted octanol–water partition coefficient (Wildman–Crippen LogP) is 2.94. The van der Waals surface area contributed by atoms with Crippen LogP contribution in [0.1, 0.15) is 31.0 Å². The predicted molar refractivity (Wildman–Crippen MR) is 109 cm³/mol. The molecular weight excluding hydrogens is 352 g/mol. The number of amides is 1. The van der Waals surface area contributed by atoms with Crippen LogP contribution in [0.15, 0.2) is 60.9 Å². The van der Waals surface area contributed by atoms with E-state index in [1.54, 1.807) is 0 Å². The van der Waals surface area contributed by atoms with E-state index in [9.17, 15) is 4.79 Å². The van der Waals surface area contributed by atoms with E-state index in [0.717, 1.165) is 30.9 Å². The first-order valence-electron chi connectivity index (χ1n) is 9.58. The molecule has 2 aromatic carbocycles. The monoisotopic (exact) mass is 378 g/mol. The van der Waals surface area contributed by atoms with Gasteiger partial charge in [0.25, 0.3) is 0 Å². The van der Waals surface area contributed by atoms with E-state index in [4.69, 9.17) is 0 Å². The van der Waals surface area contributed by atoms with Crippen molar-refractivity contribution in [1.82, 2.24) is 25.1 Å². The molecule has 7 heteroatoms. The summed E-state index contributed by atoms with van der Waals surface area (Å²) in [4.78, 5) is 15.4. The number of benzene rings is 2. The zero-order valence-corrected chi connectivity index (χ0v) is 16.3. The lowest BCUT2D eigenvalue weighted by Gasteiger charge is -2.19. The summed E-state index contributed by atoms with van der Waals surface area (Å²) >= 11 is 0. The minimum Gasteiger partial charge on any atom is -0.324 e. The van der Waals surface area contributed by atoms with E-state index in [1.807, 2.05) is 48.5 Å². The number of carbonyl (C=O) groups is 1. The van der Waals surface area contributed by atoms with Crippen molar-refractivity contribution in [1.29, 1.82) is 0 Å². The summed E-state index contributed by atoms with van der Waals surface area (Å²) in [5.41, 5.74) is 3.00. The van der Waals surface area contributed by atoms with Gasteiger partial charge in [-0.25, -0.2) is 4.68 Å². The molecule has 1 unspecified atom stereocenters. The van der Waals surface area contributed by atoms with Gasteiger partial charge >= 0.3 is 0 Å². The van der Waals surface area contributed by atoms with Gasteiger partial charge in [-0.15, -0.1) is 5.10 Å². The van der Waals surface area contributed by atoms with E-state index in [1.165, 1.54) is 16.6 Å². The molecule has 0 saturated carbocycles. The summed E-state index contributed by atoms with van der Waals surface area (Å²) in [6, 6.07) is 17.3. The summed E-state index contributed by atoms with van der Waals surface area (Å²) in [5.74, 6) is -0.142. The fourth-order valence-electron chi connectivity index (χ4n) is 3.13. The summed E-state index contributed by atoms with van der Waals surface area (Å²) < 4.78 is 1.50. The van der Waals surface area contributed by atoms with E-state index in [2.05, 4.69) is 45.7 Å². The molecule has 0 radical (unpaired) electrons. The molecule has 3 rings (SSSR count). The average molecular weight is 378 g/mol. The van der Waals surface area contributed by atoms with Crippen molar-refractivity contribution in [3.05, 3.63) is 72.1 Å². The van der Waals surface area contributed by atoms with Crippen molar-refractivity contribution in [2.75, 3.05) is 18.4 Å². The Morgan fingerprint density at radius 1 is 1.07 bits per heavy atom. The van der Waals surface area contributed by atoms with Crippen LogP contribution in [0.5, 0.6) is 0 Å². The zero-order chi connectivity index (χ0) is 19.8. The number of rotatable bonds is 9. The molecule has 0 saturated heterocycles. The van der Waals surface area contributed by atoms with Crippen LogP contribution >= 0.6 is 0 Å². The highest BCUT2D eigenvalue weighted by Gasteiger charge is 2.22. The first-order chi connectivity index (χ1) is 13.7. The van der Waals surface area contributed by atoms with Gasteiger partial charge in [-0.2, -0.15) is 0 Å². The Labute approximate surface area is 165 Å².